The second kappa shape index (κ2) is 6.75. The van der Waals surface area contributed by atoms with Gasteiger partial charge in [0.1, 0.15) is 17.4 Å². The first-order valence-electron chi connectivity index (χ1n) is 9.96. The van der Waals surface area contributed by atoms with Crippen LogP contribution in [0.3, 0.4) is 0 Å². The summed E-state index contributed by atoms with van der Waals surface area (Å²) in [4.78, 5) is 12.3. The Morgan fingerprint density at radius 3 is 2.62 bits per heavy atom. The number of sulfonamides is 1. The molecule has 1 fully saturated rings. The van der Waals surface area contributed by atoms with Gasteiger partial charge in [0.15, 0.2) is 0 Å². The van der Waals surface area contributed by atoms with Gasteiger partial charge in [-0.05, 0) is 49.7 Å². The lowest BCUT2D eigenvalue weighted by atomic mass is 9.96. The Morgan fingerprint density at radius 1 is 1.24 bits per heavy atom. The molecule has 0 bridgehead atoms. The Hall–Kier alpha value is -1.51. The van der Waals surface area contributed by atoms with Gasteiger partial charge in [0.05, 0.1) is 4.90 Å². The zero-order valence-corrected chi connectivity index (χ0v) is 19.0. The molecule has 1 N–H and O–H groups in total. The van der Waals surface area contributed by atoms with E-state index in [-0.39, 0.29) is 11.4 Å². The van der Waals surface area contributed by atoms with E-state index in [4.69, 9.17) is 4.42 Å². The van der Waals surface area contributed by atoms with Gasteiger partial charge in [-0.1, -0.05) is 13.8 Å². The minimum Gasteiger partial charge on any atom is -0.480 e. The van der Waals surface area contributed by atoms with Gasteiger partial charge in [-0.2, -0.15) is 4.31 Å². The topological polar surface area (TPSA) is 87.8 Å². The van der Waals surface area contributed by atoms with Crippen LogP contribution < -0.4 is 0 Å². The summed E-state index contributed by atoms with van der Waals surface area (Å²) < 4.78 is 33.6. The number of hydrogen-bond acceptors (Lipinski definition) is 4. The zero-order chi connectivity index (χ0) is 21.2. The number of carboxylic acids is 1. The summed E-state index contributed by atoms with van der Waals surface area (Å²) in [6.07, 6.45) is 8.21. The lowest BCUT2D eigenvalue weighted by molar-refractivity contribution is -0.142. The summed E-state index contributed by atoms with van der Waals surface area (Å²) in [5, 5.41) is 10.9. The predicted octanol–water partition coefficient (Wildman–Crippen LogP) is 3.61. The number of fused-ring (bicyclic) bond motifs is 3. The minimum absolute atomic E-state index is 0.104. The van der Waals surface area contributed by atoms with Gasteiger partial charge in [-0.15, -0.1) is 0 Å². The molecule has 4 rings (SSSR count). The van der Waals surface area contributed by atoms with Gasteiger partial charge in [-0.25, -0.2) is 18.4 Å². The van der Waals surface area contributed by atoms with Crippen LogP contribution in [0.4, 0.5) is 0 Å². The van der Waals surface area contributed by atoms with Crippen LogP contribution in [0.15, 0.2) is 27.5 Å². The van der Waals surface area contributed by atoms with E-state index >= 15 is 0 Å². The summed E-state index contributed by atoms with van der Waals surface area (Å²) in [7, 11) is -5.24. The highest BCUT2D eigenvalue weighted by Gasteiger charge is 2.53. The molecule has 1 aromatic carbocycles. The van der Waals surface area contributed by atoms with Gasteiger partial charge in [0.2, 0.25) is 10.0 Å². The average Bonchev–Trinajstić information content (AvgIpc) is 3.01. The lowest BCUT2D eigenvalue weighted by Crippen LogP contribution is -2.62. The van der Waals surface area contributed by atoms with Crippen LogP contribution in [0.25, 0.3) is 11.0 Å². The quantitative estimate of drug-likeness (QED) is 0.789. The Bertz CT molecular complexity index is 1080. The SMILES string of the molecule is CC1(C)C(C(=O)O)N(S(=O)(=O)c2ccc3c4c(oc3c2)CCCC4)CCS1(C)C. The third-order valence-corrected chi connectivity index (χ3v) is 13.1. The van der Waals surface area contributed by atoms with E-state index in [1.165, 1.54) is 9.87 Å². The molecule has 2 aromatic rings. The maximum Gasteiger partial charge on any atom is 0.323 e. The molecular formula is C21H29NO5S2. The number of aryl methyl sites for hydroxylation is 2. The number of carboxylic acid groups (broad SMARTS) is 1. The Labute approximate surface area is 173 Å². The van der Waals surface area contributed by atoms with Crippen molar-refractivity contribution in [2.75, 3.05) is 24.8 Å². The summed E-state index contributed by atoms with van der Waals surface area (Å²) in [6.45, 7) is 3.98. The Kier molecular flexibility index (Phi) is 4.83. The number of carbonyl (C=O) groups is 1. The smallest absolute Gasteiger partial charge is 0.323 e. The first kappa shape index (κ1) is 20.8. The van der Waals surface area contributed by atoms with Crippen molar-refractivity contribution in [3.05, 3.63) is 29.5 Å². The van der Waals surface area contributed by atoms with Crippen LogP contribution in [0, 0.1) is 0 Å². The van der Waals surface area contributed by atoms with Crippen molar-refractivity contribution < 1.29 is 22.7 Å². The monoisotopic (exact) mass is 439 g/mol. The number of hydrogen-bond donors (Lipinski definition) is 1. The molecule has 1 saturated heterocycles. The maximum absolute atomic E-state index is 13.5. The summed E-state index contributed by atoms with van der Waals surface area (Å²) >= 11 is 0. The van der Waals surface area contributed by atoms with E-state index in [1.807, 2.05) is 19.9 Å². The van der Waals surface area contributed by atoms with Crippen molar-refractivity contribution in [2.45, 2.75) is 55.2 Å². The summed E-state index contributed by atoms with van der Waals surface area (Å²) in [5.41, 5.74) is 1.76. The molecule has 29 heavy (non-hydrogen) atoms. The van der Waals surface area contributed by atoms with Crippen molar-refractivity contribution in [2.24, 2.45) is 0 Å². The minimum atomic E-state index is -3.96. The van der Waals surface area contributed by atoms with Crippen molar-refractivity contribution >= 4 is 37.0 Å². The molecule has 0 spiro atoms. The van der Waals surface area contributed by atoms with Crippen LogP contribution in [0.1, 0.15) is 38.0 Å². The fourth-order valence-corrected chi connectivity index (χ4v) is 8.50. The molecule has 1 aliphatic heterocycles. The van der Waals surface area contributed by atoms with Crippen molar-refractivity contribution in [1.29, 1.82) is 0 Å². The Morgan fingerprint density at radius 2 is 1.93 bits per heavy atom. The van der Waals surface area contributed by atoms with Crippen molar-refractivity contribution in [3.63, 3.8) is 0 Å². The van der Waals surface area contributed by atoms with E-state index < -0.39 is 36.8 Å². The number of furan rings is 1. The van der Waals surface area contributed by atoms with Crippen molar-refractivity contribution in [3.8, 4) is 0 Å². The average molecular weight is 440 g/mol. The molecule has 8 heteroatoms. The highest BCUT2D eigenvalue weighted by Crippen LogP contribution is 2.58. The number of aliphatic carboxylic acids is 1. The van der Waals surface area contributed by atoms with Crippen LogP contribution >= 0.6 is 10.0 Å². The van der Waals surface area contributed by atoms with Crippen LogP contribution in [-0.2, 0) is 27.7 Å². The largest absolute Gasteiger partial charge is 0.480 e. The molecule has 1 unspecified atom stereocenters. The van der Waals surface area contributed by atoms with Gasteiger partial charge >= 0.3 is 5.97 Å². The van der Waals surface area contributed by atoms with Crippen LogP contribution in [0.2, 0.25) is 0 Å². The van der Waals surface area contributed by atoms with Gasteiger partial charge in [0, 0.05) is 34.7 Å². The fraction of sp³-hybridized carbons (Fsp3) is 0.571. The lowest BCUT2D eigenvalue weighted by Gasteiger charge is -2.56. The van der Waals surface area contributed by atoms with Crippen molar-refractivity contribution in [1.82, 2.24) is 4.31 Å². The molecular weight excluding hydrogens is 410 g/mol. The fourth-order valence-electron chi connectivity index (χ4n) is 4.58. The summed E-state index contributed by atoms with van der Waals surface area (Å²) in [6, 6.07) is 3.89. The maximum atomic E-state index is 13.5. The van der Waals surface area contributed by atoms with Crippen LogP contribution in [0.5, 0.6) is 0 Å². The molecule has 2 heterocycles. The van der Waals surface area contributed by atoms with Crippen LogP contribution in [-0.4, -0.2) is 59.4 Å². The van der Waals surface area contributed by atoms with Gasteiger partial charge < -0.3 is 9.52 Å². The van der Waals surface area contributed by atoms with E-state index in [0.717, 1.165) is 36.8 Å². The molecule has 1 aliphatic carbocycles. The zero-order valence-electron chi connectivity index (χ0n) is 17.4. The second-order valence-corrected chi connectivity index (χ2v) is 15.5. The molecule has 1 atom stereocenters. The predicted molar refractivity (Wildman–Crippen MR) is 117 cm³/mol. The van der Waals surface area contributed by atoms with Gasteiger partial charge in [0.25, 0.3) is 0 Å². The molecule has 0 saturated carbocycles. The number of benzene rings is 1. The molecule has 6 nitrogen and oxygen atoms in total. The van der Waals surface area contributed by atoms with E-state index in [2.05, 4.69) is 12.5 Å². The number of rotatable bonds is 3. The molecule has 160 valence electrons. The normalized spacial score (nSPS) is 25.4. The van der Waals surface area contributed by atoms with Gasteiger partial charge in [-0.3, -0.25) is 4.79 Å². The highest BCUT2D eigenvalue weighted by molar-refractivity contribution is 8.33. The van der Waals surface area contributed by atoms with E-state index in [9.17, 15) is 18.3 Å². The number of nitrogens with zero attached hydrogens (tertiary/aromatic N) is 1. The summed E-state index contributed by atoms with van der Waals surface area (Å²) in [5.74, 6) is 0.544. The van der Waals surface area contributed by atoms with E-state index in [0.29, 0.717) is 11.3 Å². The first-order valence-corrected chi connectivity index (χ1v) is 14.0. The van der Waals surface area contributed by atoms with E-state index in [1.54, 1.807) is 12.1 Å². The standard InChI is InChI=1S/C21H29NO5S2/c1-21(2)19(20(23)24)22(11-12-28(21,3)4)29(25,26)14-9-10-16-15-7-5-6-8-17(15)27-18(16)13-14/h9-10,13,19H,5-8,11-12H2,1-4H3,(H,23,24). The third kappa shape index (κ3) is 3.11. The molecule has 1 aromatic heterocycles. The Balaban J connectivity index is 1.79. The third-order valence-electron chi connectivity index (χ3n) is 6.96. The molecule has 0 amide bonds. The molecule has 0 radical (unpaired) electrons. The highest BCUT2D eigenvalue weighted by atomic mass is 32.3. The second-order valence-electron chi connectivity index (χ2n) is 9.07. The molecule has 2 aliphatic rings. The first-order chi connectivity index (χ1) is 13.5.